The maximum Gasteiger partial charge on any atom is 0.269 e. The van der Waals surface area contributed by atoms with E-state index >= 15 is 0 Å². The second-order valence-electron chi connectivity index (χ2n) is 5.55. The Morgan fingerprint density at radius 1 is 1.30 bits per heavy atom. The first-order valence-electron chi connectivity index (χ1n) is 8.20. The zero-order valence-corrected chi connectivity index (χ0v) is 17.0. The van der Waals surface area contributed by atoms with E-state index in [-0.39, 0.29) is 24.2 Å². The van der Waals surface area contributed by atoms with Crippen LogP contribution in [0.15, 0.2) is 16.9 Å². The minimum Gasteiger partial charge on any atom is -0.383 e. The molecular formula is C18H21N3O4S2. The molecule has 7 nitrogen and oxygen atoms in total. The Balaban J connectivity index is 2.60. The molecule has 144 valence electrons. The zero-order valence-electron chi connectivity index (χ0n) is 15.4. The first-order valence-corrected chi connectivity index (χ1v) is 9.83. The van der Waals surface area contributed by atoms with E-state index in [9.17, 15) is 14.9 Å². The predicted molar refractivity (Wildman–Crippen MR) is 106 cm³/mol. The largest absolute Gasteiger partial charge is 0.383 e. The molecule has 2 aromatic rings. The van der Waals surface area contributed by atoms with Gasteiger partial charge in [-0.25, -0.2) is 0 Å². The molecule has 0 unspecified atom stereocenters. The fourth-order valence-electron chi connectivity index (χ4n) is 2.30. The Bertz CT molecular complexity index is 1010. The molecule has 0 aliphatic rings. The van der Waals surface area contributed by atoms with Gasteiger partial charge >= 0.3 is 0 Å². The molecule has 0 aliphatic heterocycles. The fraction of sp³-hybridized carbons (Fsp3) is 0.389. The van der Waals surface area contributed by atoms with Gasteiger partial charge in [0, 0.05) is 30.5 Å². The number of rotatable bonds is 8. The number of methoxy groups -OCH3 is 2. The lowest BCUT2D eigenvalue weighted by atomic mass is 10.3. The number of aryl methyl sites for hydroxylation is 1. The van der Waals surface area contributed by atoms with Crippen molar-refractivity contribution in [2.24, 2.45) is 0 Å². The summed E-state index contributed by atoms with van der Waals surface area (Å²) in [6.45, 7) is 3.16. The van der Waals surface area contributed by atoms with Gasteiger partial charge in [-0.05, 0) is 25.1 Å². The van der Waals surface area contributed by atoms with Crippen molar-refractivity contribution in [1.29, 1.82) is 5.26 Å². The molecular weight excluding hydrogens is 386 g/mol. The molecule has 2 heterocycles. The van der Waals surface area contributed by atoms with Crippen molar-refractivity contribution in [2.45, 2.75) is 13.5 Å². The number of hydrogen-bond donors (Lipinski definition) is 1. The summed E-state index contributed by atoms with van der Waals surface area (Å²) in [6.07, 6.45) is 1.79. The van der Waals surface area contributed by atoms with E-state index < -0.39 is 5.91 Å². The van der Waals surface area contributed by atoms with Crippen molar-refractivity contribution in [1.82, 2.24) is 9.88 Å². The molecule has 2 aromatic heterocycles. The third-order valence-corrected chi connectivity index (χ3v) is 5.68. The van der Waals surface area contributed by atoms with E-state index in [0.29, 0.717) is 22.4 Å². The third-order valence-electron chi connectivity index (χ3n) is 3.61. The minimum absolute atomic E-state index is 0.0914. The Morgan fingerprint density at radius 2 is 2.04 bits per heavy atom. The first-order chi connectivity index (χ1) is 13.0. The number of thiophene rings is 1. The van der Waals surface area contributed by atoms with Crippen LogP contribution >= 0.6 is 22.7 Å². The normalized spacial score (nSPS) is 12.7. The summed E-state index contributed by atoms with van der Waals surface area (Å²) in [6, 6.07) is 5.84. The average Bonchev–Trinajstić information content (AvgIpc) is 3.18. The molecule has 0 atom stereocenters. The summed E-state index contributed by atoms with van der Waals surface area (Å²) >= 11 is 2.71. The highest BCUT2D eigenvalue weighted by Crippen LogP contribution is 2.15. The lowest BCUT2D eigenvalue weighted by molar-refractivity contribution is -0.115. The summed E-state index contributed by atoms with van der Waals surface area (Å²) in [5.74, 6) is -0.527. The average molecular weight is 408 g/mol. The molecule has 0 saturated heterocycles. The fourth-order valence-corrected chi connectivity index (χ4v) is 4.31. The number of nitrogens with zero attached hydrogens (tertiary/aromatic N) is 2. The van der Waals surface area contributed by atoms with Crippen LogP contribution in [0.2, 0.25) is 0 Å². The van der Waals surface area contributed by atoms with Gasteiger partial charge in [-0.2, -0.15) is 5.26 Å². The van der Waals surface area contributed by atoms with E-state index in [1.807, 2.05) is 25.1 Å². The Morgan fingerprint density at radius 3 is 2.63 bits per heavy atom. The summed E-state index contributed by atoms with van der Waals surface area (Å²) in [4.78, 5) is 27.3. The highest BCUT2D eigenvalue weighted by Gasteiger charge is 2.15. The van der Waals surface area contributed by atoms with E-state index in [2.05, 4.69) is 5.32 Å². The van der Waals surface area contributed by atoms with Gasteiger partial charge in [0.15, 0.2) is 5.57 Å². The van der Waals surface area contributed by atoms with Gasteiger partial charge < -0.3 is 14.8 Å². The molecule has 0 saturated carbocycles. The van der Waals surface area contributed by atoms with Crippen LogP contribution in [0.1, 0.15) is 9.75 Å². The van der Waals surface area contributed by atoms with Crippen molar-refractivity contribution in [3.63, 3.8) is 0 Å². The van der Waals surface area contributed by atoms with E-state index in [1.54, 1.807) is 17.4 Å². The van der Waals surface area contributed by atoms with Crippen molar-refractivity contribution in [2.75, 3.05) is 34.0 Å². The SMILES string of the molecule is COCCNC(=O)/C(C#N)=c1\s/c(=C\c2ccc(C)s2)c(=O)n1CCOC. The number of nitriles is 1. The number of thiazole rings is 1. The molecule has 27 heavy (non-hydrogen) atoms. The smallest absolute Gasteiger partial charge is 0.269 e. The molecule has 0 bridgehead atoms. The Kier molecular flexibility index (Phi) is 7.94. The van der Waals surface area contributed by atoms with Crippen LogP contribution in [0.5, 0.6) is 0 Å². The van der Waals surface area contributed by atoms with Gasteiger partial charge in [0.1, 0.15) is 10.7 Å². The van der Waals surface area contributed by atoms with Crippen molar-refractivity contribution < 1.29 is 14.3 Å². The summed E-state index contributed by atoms with van der Waals surface area (Å²) in [5.41, 5.74) is -0.332. The highest BCUT2D eigenvalue weighted by molar-refractivity contribution is 7.13. The van der Waals surface area contributed by atoms with Crippen LogP contribution in [0.4, 0.5) is 0 Å². The monoisotopic (exact) mass is 407 g/mol. The summed E-state index contributed by atoms with van der Waals surface area (Å²) in [5, 5.41) is 12.1. The molecule has 1 amide bonds. The van der Waals surface area contributed by atoms with E-state index in [4.69, 9.17) is 9.47 Å². The molecule has 0 fully saturated rings. The predicted octanol–water partition coefficient (Wildman–Crippen LogP) is 0.192. The van der Waals surface area contributed by atoms with E-state index in [1.165, 1.54) is 18.8 Å². The topological polar surface area (TPSA) is 93.4 Å². The first kappa shape index (κ1) is 21.1. The van der Waals surface area contributed by atoms with Crippen LogP contribution in [-0.2, 0) is 20.8 Å². The molecule has 2 rings (SSSR count). The number of hydrogen-bond acceptors (Lipinski definition) is 7. The van der Waals surface area contributed by atoms with Crippen molar-refractivity contribution in [3.8, 4) is 6.07 Å². The zero-order chi connectivity index (χ0) is 19.8. The lowest BCUT2D eigenvalue weighted by Crippen LogP contribution is -2.36. The number of amides is 1. The van der Waals surface area contributed by atoms with Crippen LogP contribution in [0.3, 0.4) is 0 Å². The van der Waals surface area contributed by atoms with Gasteiger partial charge in [0.25, 0.3) is 11.5 Å². The highest BCUT2D eigenvalue weighted by atomic mass is 32.1. The Hall–Kier alpha value is -2.25. The lowest BCUT2D eigenvalue weighted by Gasteiger charge is -2.04. The van der Waals surface area contributed by atoms with Gasteiger partial charge in [-0.3, -0.25) is 14.2 Å². The van der Waals surface area contributed by atoms with Crippen molar-refractivity contribution >= 4 is 40.2 Å². The van der Waals surface area contributed by atoms with Crippen molar-refractivity contribution in [3.05, 3.63) is 41.4 Å². The molecule has 0 radical (unpaired) electrons. The Labute approximate surface area is 164 Å². The number of aromatic nitrogens is 1. The number of ether oxygens (including phenoxy) is 2. The standard InChI is InChI=1S/C18H21N3O4S2/c1-12-4-5-13(26-12)10-15-17(23)21(7-9-25-3)18(27-15)14(11-19)16(22)20-6-8-24-2/h4-5,10H,6-9H2,1-3H3,(H,20,22)/b15-10-,18-14-. The second-order valence-corrected chi connectivity index (χ2v) is 7.90. The minimum atomic E-state index is -0.527. The summed E-state index contributed by atoms with van der Waals surface area (Å²) in [7, 11) is 3.06. The van der Waals surface area contributed by atoms with Crippen LogP contribution in [0, 0.1) is 18.3 Å². The molecule has 1 N–H and O–H groups in total. The van der Waals surface area contributed by atoms with Gasteiger partial charge in [0.2, 0.25) is 0 Å². The van der Waals surface area contributed by atoms with Crippen LogP contribution < -0.4 is 20.1 Å². The van der Waals surface area contributed by atoms with E-state index in [0.717, 1.165) is 21.1 Å². The molecule has 0 aromatic carbocycles. The van der Waals surface area contributed by atoms with Gasteiger partial charge in [-0.15, -0.1) is 22.7 Å². The maximum absolute atomic E-state index is 12.8. The number of carbonyl (C=O) groups excluding carboxylic acids is 1. The molecule has 0 spiro atoms. The quantitative estimate of drug-likeness (QED) is 0.631. The molecule has 9 heteroatoms. The number of carbonyl (C=O) groups is 1. The van der Waals surface area contributed by atoms with Gasteiger partial charge in [-0.1, -0.05) is 0 Å². The van der Waals surface area contributed by atoms with Crippen LogP contribution in [-0.4, -0.2) is 44.5 Å². The summed E-state index contributed by atoms with van der Waals surface area (Å²) < 4.78 is 12.2. The molecule has 0 aliphatic carbocycles. The second kappa shape index (κ2) is 10.2. The maximum atomic E-state index is 12.8. The van der Waals surface area contributed by atoms with Crippen LogP contribution in [0.25, 0.3) is 11.6 Å². The third kappa shape index (κ3) is 5.37. The number of nitrogens with one attached hydrogen (secondary N) is 1. The van der Waals surface area contributed by atoms with Gasteiger partial charge in [0.05, 0.1) is 24.3 Å².